The minimum atomic E-state index is -0.304. The summed E-state index contributed by atoms with van der Waals surface area (Å²) in [6.07, 6.45) is 2.71. The van der Waals surface area contributed by atoms with E-state index in [1.54, 1.807) is 23.1 Å². The number of hydrogen-bond donors (Lipinski definition) is 1. The first kappa shape index (κ1) is 20.5. The molecule has 0 atom stereocenters. The quantitative estimate of drug-likeness (QED) is 0.675. The van der Waals surface area contributed by atoms with Crippen molar-refractivity contribution in [3.8, 4) is 0 Å². The smallest absolute Gasteiger partial charge is 0.261 e. The highest BCUT2D eigenvalue weighted by Crippen LogP contribution is 2.26. The van der Waals surface area contributed by atoms with Crippen molar-refractivity contribution in [3.63, 3.8) is 0 Å². The van der Waals surface area contributed by atoms with Crippen LogP contribution < -0.4 is 5.32 Å². The molecular weight excluding hydrogens is 426 g/mol. The molecule has 2 heterocycles. The molecule has 1 saturated heterocycles. The van der Waals surface area contributed by atoms with Gasteiger partial charge in [0.1, 0.15) is 0 Å². The summed E-state index contributed by atoms with van der Waals surface area (Å²) in [6, 6.07) is 5.17. The van der Waals surface area contributed by atoms with Crippen molar-refractivity contribution in [2.24, 2.45) is 0 Å². The number of nitrogens with one attached hydrogen (secondary N) is 1. The summed E-state index contributed by atoms with van der Waals surface area (Å²) in [6.45, 7) is 3.29. The topological polar surface area (TPSA) is 86.8 Å². The van der Waals surface area contributed by atoms with Crippen LogP contribution >= 0.6 is 15.9 Å². The Morgan fingerprint density at radius 1 is 1.14 bits per heavy atom. The molecule has 3 rings (SSSR count). The van der Waals surface area contributed by atoms with Gasteiger partial charge >= 0.3 is 0 Å². The second-order valence-electron chi connectivity index (χ2n) is 7.13. The maximum atomic E-state index is 12.4. The van der Waals surface area contributed by atoms with Gasteiger partial charge in [0.15, 0.2) is 0 Å². The SMILES string of the molecule is CCC(=O)NC1CCN(C(=O)CCCN2C(=O)c3ccc(Br)cc3C2=O)CC1. The van der Waals surface area contributed by atoms with E-state index in [2.05, 4.69) is 21.2 Å². The van der Waals surface area contributed by atoms with Crippen molar-refractivity contribution >= 4 is 39.6 Å². The van der Waals surface area contributed by atoms with Crippen LogP contribution in [0.2, 0.25) is 0 Å². The lowest BCUT2D eigenvalue weighted by atomic mass is 10.0. The van der Waals surface area contributed by atoms with Crippen molar-refractivity contribution in [3.05, 3.63) is 33.8 Å². The Hall–Kier alpha value is -2.22. The second kappa shape index (κ2) is 8.86. The van der Waals surface area contributed by atoms with Crippen LogP contribution in [0.3, 0.4) is 0 Å². The number of hydrogen-bond acceptors (Lipinski definition) is 4. The van der Waals surface area contributed by atoms with Gasteiger partial charge in [-0.25, -0.2) is 0 Å². The highest BCUT2D eigenvalue weighted by molar-refractivity contribution is 9.10. The molecule has 8 heteroatoms. The van der Waals surface area contributed by atoms with Crippen LogP contribution in [0, 0.1) is 0 Å². The average Bonchev–Trinajstić information content (AvgIpc) is 2.92. The lowest BCUT2D eigenvalue weighted by Crippen LogP contribution is -2.46. The summed E-state index contributed by atoms with van der Waals surface area (Å²) in [5, 5.41) is 2.97. The zero-order chi connectivity index (χ0) is 20.3. The maximum Gasteiger partial charge on any atom is 0.261 e. The molecule has 1 aromatic carbocycles. The molecule has 28 heavy (non-hydrogen) atoms. The Balaban J connectivity index is 1.45. The van der Waals surface area contributed by atoms with Gasteiger partial charge in [-0.05, 0) is 37.5 Å². The van der Waals surface area contributed by atoms with Gasteiger partial charge in [0, 0.05) is 43.0 Å². The third kappa shape index (κ3) is 4.43. The minimum absolute atomic E-state index is 0.0274. The van der Waals surface area contributed by atoms with Crippen LogP contribution in [-0.4, -0.2) is 59.1 Å². The number of carbonyl (C=O) groups is 4. The van der Waals surface area contributed by atoms with E-state index >= 15 is 0 Å². The molecular formula is C20H24BrN3O4. The van der Waals surface area contributed by atoms with E-state index in [1.807, 2.05) is 6.92 Å². The molecule has 7 nitrogen and oxygen atoms in total. The first-order valence-corrected chi connectivity index (χ1v) is 10.4. The number of imide groups is 1. The Morgan fingerprint density at radius 2 is 1.82 bits per heavy atom. The zero-order valence-corrected chi connectivity index (χ0v) is 17.5. The molecule has 1 aromatic rings. The Morgan fingerprint density at radius 3 is 2.50 bits per heavy atom. The fourth-order valence-corrected chi connectivity index (χ4v) is 3.98. The number of halogens is 1. The van der Waals surface area contributed by atoms with E-state index in [1.165, 1.54) is 4.90 Å². The standard InChI is InChI=1S/C20H24BrN3O4/c1-2-17(25)22-14-7-10-23(11-8-14)18(26)4-3-9-24-19(27)15-6-5-13(21)12-16(15)20(24)28/h5-6,12,14H,2-4,7-11H2,1H3,(H,22,25). The molecule has 0 radical (unpaired) electrons. The molecule has 2 aliphatic rings. The highest BCUT2D eigenvalue weighted by atomic mass is 79.9. The van der Waals surface area contributed by atoms with Gasteiger partial charge in [-0.1, -0.05) is 22.9 Å². The van der Waals surface area contributed by atoms with Crippen LogP contribution in [0.5, 0.6) is 0 Å². The van der Waals surface area contributed by atoms with Gasteiger partial charge in [-0.15, -0.1) is 0 Å². The average molecular weight is 450 g/mol. The van der Waals surface area contributed by atoms with Crippen LogP contribution in [-0.2, 0) is 9.59 Å². The van der Waals surface area contributed by atoms with Gasteiger partial charge in [0.05, 0.1) is 11.1 Å². The third-order valence-electron chi connectivity index (χ3n) is 5.24. The molecule has 1 fully saturated rings. The van der Waals surface area contributed by atoms with Crippen LogP contribution in [0.4, 0.5) is 0 Å². The van der Waals surface area contributed by atoms with Crippen molar-refractivity contribution in [2.75, 3.05) is 19.6 Å². The number of rotatable bonds is 6. The van der Waals surface area contributed by atoms with Gasteiger partial charge in [-0.3, -0.25) is 24.1 Å². The van der Waals surface area contributed by atoms with Gasteiger partial charge < -0.3 is 10.2 Å². The number of fused-ring (bicyclic) bond motifs is 1. The summed E-state index contributed by atoms with van der Waals surface area (Å²) in [5.41, 5.74) is 0.817. The summed E-state index contributed by atoms with van der Waals surface area (Å²) in [4.78, 5) is 51.8. The van der Waals surface area contributed by atoms with E-state index in [0.29, 0.717) is 43.5 Å². The molecule has 0 saturated carbocycles. The van der Waals surface area contributed by atoms with Gasteiger partial charge in [-0.2, -0.15) is 0 Å². The number of piperidine rings is 1. The lowest BCUT2D eigenvalue weighted by Gasteiger charge is -2.32. The first-order valence-electron chi connectivity index (χ1n) is 9.63. The van der Waals surface area contributed by atoms with Crippen molar-refractivity contribution in [2.45, 2.75) is 45.1 Å². The molecule has 0 aromatic heterocycles. The third-order valence-corrected chi connectivity index (χ3v) is 5.73. The summed E-state index contributed by atoms with van der Waals surface area (Å²) in [7, 11) is 0. The zero-order valence-electron chi connectivity index (χ0n) is 15.9. The van der Waals surface area contributed by atoms with E-state index in [0.717, 1.165) is 17.3 Å². The lowest BCUT2D eigenvalue weighted by molar-refractivity contribution is -0.132. The molecule has 0 bridgehead atoms. The van der Waals surface area contributed by atoms with Crippen molar-refractivity contribution in [1.29, 1.82) is 0 Å². The summed E-state index contributed by atoms with van der Waals surface area (Å²) >= 11 is 3.31. The number of carbonyl (C=O) groups excluding carboxylic acids is 4. The van der Waals surface area contributed by atoms with E-state index in [9.17, 15) is 19.2 Å². The minimum Gasteiger partial charge on any atom is -0.353 e. The van der Waals surface area contributed by atoms with E-state index in [4.69, 9.17) is 0 Å². The molecule has 4 amide bonds. The number of likely N-dealkylation sites (tertiary alicyclic amines) is 1. The van der Waals surface area contributed by atoms with Crippen LogP contribution in [0.1, 0.15) is 59.7 Å². The Kier molecular flexibility index (Phi) is 6.49. The number of benzene rings is 1. The van der Waals surface area contributed by atoms with E-state index in [-0.39, 0.29) is 36.2 Å². The molecule has 0 unspecified atom stereocenters. The summed E-state index contributed by atoms with van der Waals surface area (Å²) in [5.74, 6) is -0.536. The number of amides is 4. The second-order valence-corrected chi connectivity index (χ2v) is 8.05. The van der Waals surface area contributed by atoms with E-state index < -0.39 is 0 Å². The summed E-state index contributed by atoms with van der Waals surface area (Å²) < 4.78 is 0.753. The normalized spacial score (nSPS) is 17.1. The van der Waals surface area contributed by atoms with Gasteiger partial charge in [0.25, 0.3) is 11.8 Å². The fourth-order valence-electron chi connectivity index (χ4n) is 3.62. The predicted molar refractivity (Wildman–Crippen MR) is 107 cm³/mol. The monoisotopic (exact) mass is 449 g/mol. The molecule has 2 aliphatic heterocycles. The molecule has 150 valence electrons. The highest BCUT2D eigenvalue weighted by Gasteiger charge is 2.35. The molecule has 0 aliphatic carbocycles. The predicted octanol–water partition coefficient (Wildman–Crippen LogP) is 2.34. The first-order chi connectivity index (χ1) is 13.4. The van der Waals surface area contributed by atoms with Crippen molar-refractivity contribution in [1.82, 2.24) is 15.1 Å². The number of nitrogens with zero attached hydrogens (tertiary/aromatic N) is 2. The van der Waals surface area contributed by atoms with Crippen LogP contribution in [0.25, 0.3) is 0 Å². The molecule has 0 spiro atoms. The van der Waals surface area contributed by atoms with Crippen LogP contribution in [0.15, 0.2) is 22.7 Å². The van der Waals surface area contributed by atoms with Crippen molar-refractivity contribution < 1.29 is 19.2 Å². The Labute approximate surface area is 172 Å². The Bertz CT molecular complexity index is 803. The fraction of sp³-hybridized carbons (Fsp3) is 0.500. The van der Waals surface area contributed by atoms with Gasteiger partial charge in [0.2, 0.25) is 11.8 Å². The largest absolute Gasteiger partial charge is 0.353 e. The maximum absolute atomic E-state index is 12.4. The molecule has 1 N–H and O–H groups in total.